The predicted octanol–water partition coefficient (Wildman–Crippen LogP) is 5.70. The number of hydrogen-bond donors (Lipinski definition) is 1. The van der Waals surface area contributed by atoms with Gasteiger partial charge in [-0.05, 0) is 93.2 Å². The maximum absolute atomic E-state index is 15.2. The van der Waals surface area contributed by atoms with Crippen LogP contribution in [0.4, 0.5) is 4.79 Å². The van der Waals surface area contributed by atoms with Gasteiger partial charge in [0, 0.05) is 57.1 Å². The second-order valence-electron chi connectivity index (χ2n) is 16.5. The van der Waals surface area contributed by atoms with Gasteiger partial charge in [-0.3, -0.25) is 9.48 Å². The highest BCUT2D eigenvalue weighted by molar-refractivity contribution is 6.80. The van der Waals surface area contributed by atoms with Crippen LogP contribution in [0.2, 0.25) is 24.2 Å². The summed E-state index contributed by atoms with van der Waals surface area (Å²) in [6, 6.07) is 0.256. The minimum Gasteiger partial charge on any atom is -0.448 e. The highest BCUT2D eigenvalue weighted by Crippen LogP contribution is 2.61. The molecule has 4 heterocycles. The zero-order valence-corrected chi connectivity index (χ0v) is 31.3. The van der Waals surface area contributed by atoms with Crippen LogP contribution in [0.25, 0.3) is 0 Å². The van der Waals surface area contributed by atoms with Crippen molar-refractivity contribution in [1.82, 2.24) is 24.8 Å². The molecule has 1 aromatic rings. The Morgan fingerprint density at radius 3 is 2.51 bits per heavy atom. The number of ether oxygens (including phenoxy) is 3. The highest BCUT2D eigenvalue weighted by Gasteiger charge is 2.67. The lowest BCUT2D eigenvalue weighted by molar-refractivity contribution is -0.150. The molecule has 7 rings (SSSR count). The predicted molar refractivity (Wildman–Crippen MR) is 187 cm³/mol. The van der Waals surface area contributed by atoms with Crippen molar-refractivity contribution in [2.75, 3.05) is 33.4 Å². The Morgan fingerprint density at radius 2 is 1.82 bits per heavy atom. The van der Waals surface area contributed by atoms with Gasteiger partial charge in [-0.15, -0.1) is 5.10 Å². The summed E-state index contributed by atoms with van der Waals surface area (Å²) >= 11 is 0. The Kier molecular flexibility index (Phi) is 10.3. The zero-order valence-electron chi connectivity index (χ0n) is 30.3. The number of aliphatic hydroxyl groups excluding tert-OH is 1. The molecule has 2 saturated carbocycles. The van der Waals surface area contributed by atoms with Crippen molar-refractivity contribution >= 4 is 20.1 Å². The number of rotatable bonds is 11. The first-order valence-electron chi connectivity index (χ1n) is 19.4. The van der Waals surface area contributed by atoms with Crippen LogP contribution in [0, 0.1) is 11.8 Å². The molecular formula is C37H59N5O6Si. The van der Waals surface area contributed by atoms with Gasteiger partial charge < -0.3 is 29.1 Å². The molecule has 272 valence electrons. The number of hydrogen-bond acceptors (Lipinski definition) is 8. The zero-order chi connectivity index (χ0) is 34.3. The third kappa shape index (κ3) is 6.41. The molecule has 3 aliphatic carbocycles. The lowest BCUT2D eigenvalue weighted by Crippen LogP contribution is -2.50. The minimum absolute atomic E-state index is 0.0301. The van der Waals surface area contributed by atoms with E-state index in [1.807, 2.05) is 22.9 Å². The lowest BCUT2D eigenvalue weighted by atomic mass is 9.78. The number of methoxy groups -OCH3 is 1. The van der Waals surface area contributed by atoms with Gasteiger partial charge in [0.25, 0.3) is 5.91 Å². The van der Waals surface area contributed by atoms with Gasteiger partial charge >= 0.3 is 6.09 Å². The van der Waals surface area contributed by atoms with Crippen molar-refractivity contribution < 1.29 is 28.9 Å². The molecule has 0 aromatic carbocycles. The fraction of sp³-hybridized carbons (Fsp3) is 0.838. The van der Waals surface area contributed by atoms with Crippen molar-refractivity contribution in [2.45, 2.75) is 151 Å². The smallest absolute Gasteiger partial charge is 0.410 e. The van der Waals surface area contributed by atoms with E-state index in [1.54, 1.807) is 0 Å². The Balaban J connectivity index is 1.14. The van der Waals surface area contributed by atoms with Crippen LogP contribution in [0.3, 0.4) is 0 Å². The normalized spacial score (nSPS) is 35.5. The topological polar surface area (TPSA) is 119 Å². The molecule has 3 aliphatic heterocycles. The Labute approximate surface area is 293 Å². The Hall–Kier alpha value is -2.28. The Morgan fingerprint density at radius 1 is 1.06 bits per heavy atom. The second-order valence-corrected chi connectivity index (χ2v) is 21.6. The number of aliphatic hydroxyl groups is 1. The van der Waals surface area contributed by atoms with Crippen molar-refractivity contribution in [2.24, 2.45) is 11.8 Å². The summed E-state index contributed by atoms with van der Waals surface area (Å²) < 4.78 is 20.3. The van der Waals surface area contributed by atoms with E-state index in [2.05, 4.69) is 35.2 Å². The van der Waals surface area contributed by atoms with Crippen LogP contribution in [0.15, 0.2) is 17.5 Å². The molecule has 12 heteroatoms. The lowest BCUT2D eigenvalue weighted by Gasteiger charge is -2.45. The summed E-state index contributed by atoms with van der Waals surface area (Å²) in [6.07, 6.45) is 16.2. The fourth-order valence-corrected chi connectivity index (χ4v) is 16.1. The van der Waals surface area contributed by atoms with Crippen molar-refractivity contribution in [3.63, 3.8) is 0 Å². The van der Waals surface area contributed by atoms with Gasteiger partial charge in [0.15, 0.2) is 5.60 Å². The fourth-order valence-electron chi connectivity index (χ4n) is 11.1. The van der Waals surface area contributed by atoms with Gasteiger partial charge in [-0.25, -0.2) is 4.79 Å². The molecule has 1 aromatic heterocycles. The van der Waals surface area contributed by atoms with Crippen LogP contribution in [-0.4, -0.2) is 107 Å². The molecular weight excluding hydrogens is 639 g/mol. The van der Waals surface area contributed by atoms with E-state index in [1.165, 1.54) is 24.1 Å². The van der Waals surface area contributed by atoms with Gasteiger partial charge in [0.2, 0.25) is 0 Å². The van der Waals surface area contributed by atoms with E-state index in [0.717, 1.165) is 82.9 Å². The monoisotopic (exact) mass is 697 g/mol. The number of aryl methyl sites for hydroxylation is 1. The molecule has 0 radical (unpaired) electrons. The third-order valence-corrected chi connectivity index (χ3v) is 19.0. The molecule has 6 aliphatic rings. The number of cyclic esters (lactones) is 1. The first kappa shape index (κ1) is 35.1. The Bertz CT molecular complexity index is 1380. The van der Waals surface area contributed by atoms with E-state index in [0.29, 0.717) is 49.2 Å². The number of amides is 2. The van der Waals surface area contributed by atoms with Gasteiger partial charge in [0.05, 0.1) is 32.5 Å². The molecule has 2 amide bonds. The molecule has 49 heavy (non-hydrogen) atoms. The molecule has 1 spiro atoms. The average molecular weight is 698 g/mol. The summed E-state index contributed by atoms with van der Waals surface area (Å²) in [5.74, 6) is 0.733. The summed E-state index contributed by atoms with van der Waals surface area (Å²) in [6.45, 7) is 10.2. The van der Waals surface area contributed by atoms with Gasteiger partial charge in [-0.1, -0.05) is 38.1 Å². The van der Waals surface area contributed by atoms with Gasteiger partial charge in [-0.2, -0.15) is 0 Å². The number of aromatic nitrogens is 3. The largest absolute Gasteiger partial charge is 0.448 e. The first-order chi connectivity index (χ1) is 23.7. The van der Waals surface area contributed by atoms with E-state index in [4.69, 9.17) is 14.2 Å². The minimum atomic E-state index is -1.95. The van der Waals surface area contributed by atoms with E-state index in [9.17, 15) is 9.90 Å². The number of carbonyl (C=O) groups is 2. The average Bonchev–Trinajstić information content (AvgIpc) is 3.87. The van der Waals surface area contributed by atoms with E-state index in [-0.39, 0.29) is 36.7 Å². The molecule has 4 fully saturated rings. The summed E-state index contributed by atoms with van der Waals surface area (Å²) in [5, 5.41) is 18.1. The molecule has 0 bridgehead atoms. The van der Waals surface area contributed by atoms with Gasteiger partial charge in [0.1, 0.15) is 6.61 Å². The number of carbonyl (C=O) groups excluding carboxylic acids is 2. The van der Waals surface area contributed by atoms with E-state index >= 15 is 4.79 Å². The number of fused-ring (bicyclic) bond motifs is 1. The van der Waals surface area contributed by atoms with Crippen molar-refractivity contribution in [1.29, 1.82) is 0 Å². The number of allylic oxidation sites excluding steroid dienone is 1. The standard InChI is InChI=1S/C37H59N5O6Si/c1-25-34(49(3,4)30-15-13-29(46-2)14-16-30)33(17-19-40-24-27(18-21-43)38-39-40)48-37(25)31-7-5-6-8-32(31)42(35(37)44)23-26-9-11-28(12-10-26)41-20-22-47-36(41)45/h24-26,28-30,33-34,43H,5-23H2,1-4H3/t25-,26?,28?,29?,30?,33+,34-,37+/m0/s1. The molecule has 2 saturated heterocycles. The summed E-state index contributed by atoms with van der Waals surface area (Å²) in [7, 11) is -0.103. The first-order valence-corrected chi connectivity index (χ1v) is 22.5. The van der Waals surface area contributed by atoms with Crippen LogP contribution >= 0.6 is 0 Å². The van der Waals surface area contributed by atoms with Crippen LogP contribution in [0.1, 0.15) is 96.1 Å². The van der Waals surface area contributed by atoms with Crippen LogP contribution < -0.4 is 0 Å². The summed E-state index contributed by atoms with van der Waals surface area (Å²) in [5.41, 5.74) is 3.49. The SMILES string of the molecule is COC1CCC([Si](C)(C)[C@@H]2[C@@H](CCn3cc(CCO)nn3)O[C@]3(C(=O)N(CC4CCC(N5CCOC5=O)CC4)C4=C3CCCC4)[C@H]2C)CC1. The van der Waals surface area contributed by atoms with Crippen molar-refractivity contribution in [3.05, 3.63) is 23.2 Å². The quantitative estimate of drug-likeness (QED) is 0.293. The molecule has 4 atom stereocenters. The third-order valence-electron chi connectivity index (χ3n) is 13.7. The highest BCUT2D eigenvalue weighted by atomic mass is 28.3. The maximum Gasteiger partial charge on any atom is 0.410 e. The number of nitrogens with zero attached hydrogens (tertiary/aromatic N) is 5. The van der Waals surface area contributed by atoms with Crippen molar-refractivity contribution in [3.8, 4) is 0 Å². The maximum atomic E-state index is 15.2. The summed E-state index contributed by atoms with van der Waals surface area (Å²) in [4.78, 5) is 31.5. The van der Waals surface area contributed by atoms with Crippen LogP contribution in [-0.2, 0) is 32.0 Å². The second kappa shape index (κ2) is 14.4. The molecule has 1 N–H and O–H groups in total. The molecule has 0 unspecified atom stereocenters. The van der Waals surface area contributed by atoms with E-state index < -0.39 is 13.7 Å². The van der Waals surface area contributed by atoms with Crippen LogP contribution in [0.5, 0.6) is 0 Å². The molecule has 11 nitrogen and oxygen atoms in total.